The first kappa shape index (κ1) is 19.5. The van der Waals surface area contributed by atoms with Crippen LogP contribution in [0.5, 0.6) is 5.75 Å². The summed E-state index contributed by atoms with van der Waals surface area (Å²) in [5.41, 5.74) is 2.16. The van der Waals surface area contributed by atoms with Gasteiger partial charge in [-0.2, -0.15) is 0 Å². The van der Waals surface area contributed by atoms with Gasteiger partial charge in [-0.15, -0.1) is 0 Å². The highest BCUT2D eigenvalue weighted by Crippen LogP contribution is 2.23. The molecule has 3 aromatic rings. The molecule has 2 aromatic carbocycles. The van der Waals surface area contributed by atoms with Crippen LogP contribution in [0.1, 0.15) is 28.8 Å². The van der Waals surface area contributed by atoms with Crippen molar-refractivity contribution >= 4 is 34.8 Å². The Balaban J connectivity index is 1.58. The molecule has 3 rings (SSSR count). The van der Waals surface area contributed by atoms with Crippen molar-refractivity contribution in [2.45, 2.75) is 20.5 Å². The summed E-state index contributed by atoms with van der Waals surface area (Å²) in [6, 6.07) is 15.4. The molecule has 0 fully saturated rings. The molecule has 0 radical (unpaired) electrons. The van der Waals surface area contributed by atoms with E-state index in [-0.39, 0.29) is 24.2 Å². The van der Waals surface area contributed by atoms with Gasteiger partial charge in [0, 0.05) is 23.3 Å². The van der Waals surface area contributed by atoms with E-state index in [1.165, 1.54) is 6.92 Å². The number of carbonyl (C=O) groups is 2. The van der Waals surface area contributed by atoms with Crippen molar-refractivity contribution in [2.75, 3.05) is 10.6 Å². The molecule has 0 atom stereocenters. The molecule has 0 aliphatic rings. The summed E-state index contributed by atoms with van der Waals surface area (Å²) >= 11 is 5.93. The minimum absolute atomic E-state index is 0.157. The van der Waals surface area contributed by atoms with Gasteiger partial charge in [0.15, 0.2) is 5.76 Å². The predicted octanol–water partition coefficient (Wildman–Crippen LogP) is 5.03. The van der Waals surface area contributed by atoms with Crippen molar-refractivity contribution in [3.63, 3.8) is 0 Å². The number of hydrogen-bond donors (Lipinski definition) is 2. The molecule has 0 saturated carbocycles. The van der Waals surface area contributed by atoms with E-state index in [1.807, 2.05) is 13.0 Å². The fourth-order valence-corrected chi connectivity index (χ4v) is 2.76. The second-order valence-corrected chi connectivity index (χ2v) is 6.61. The van der Waals surface area contributed by atoms with Gasteiger partial charge in [-0.1, -0.05) is 11.6 Å². The molecule has 1 aromatic heterocycles. The third-order valence-corrected chi connectivity index (χ3v) is 4.09. The summed E-state index contributed by atoms with van der Waals surface area (Å²) in [6.07, 6.45) is 0. The molecule has 0 aliphatic heterocycles. The summed E-state index contributed by atoms with van der Waals surface area (Å²) in [4.78, 5) is 23.4. The Morgan fingerprint density at radius 2 is 1.68 bits per heavy atom. The Bertz CT molecular complexity index is 996. The summed E-state index contributed by atoms with van der Waals surface area (Å²) in [6.45, 7) is 3.53. The Kier molecular flexibility index (Phi) is 6.01. The number of halogens is 1. The van der Waals surface area contributed by atoms with Crippen LogP contribution in [0.2, 0.25) is 5.02 Å². The van der Waals surface area contributed by atoms with Crippen molar-refractivity contribution in [1.82, 2.24) is 0 Å². The van der Waals surface area contributed by atoms with Gasteiger partial charge in [-0.05, 0) is 67.1 Å². The first-order chi connectivity index (χ1) is 13.4. The average Bonchev–Trinajstić information content (AvgIpc) is 3.11. The molecule has 0 aliphatic carbocycles. The Morgan fingerprint density at radius 1 is 1.00 bits per heavy atom. The Hall–Kier alpha value is -3.25. The van der Waals surface area contributed by atoms with Crippen LogP contribution in [0.25, 0.3) is 0 Å². The molecule has 0 saturated heterocycles. The van der Waals surface area contributed by atoms with E-state index >= 15 is 0 Å². The second-order valence-electron chi connectivity index (χ2n) is 6.18. The van der Waals surface area contributed by atoms with Gasteiger partial charge in [-0.25, -0.2) is 0 Å². The van der Waals surface area contributed by atoms with Crippen molar-refractivity contribution in [1.29, 1.82) is 0 Å². The van der Waals surface area contributed by atoms with Crippen LogP contribution in [0.4, 0.5) is 11.4 Å². The lowest BCUT2D eigenvalue weighted by Crippen LogP contribution is -2.11. The highest BCUT2D eigenvalue weighted by atomic mass is 35.5. The average molecular weight is 399 g/mol. The number of rotatable bonds is 6. The van der Waals surface area contributed by atoms with Gasteiger partial charge in [0.05, 0.1) is 0 Å². The van der Waals surface area contributed by atoms with E-state index in [1.54, 1.807) is 48.5 Å². The highest BCUT2D eigenvalue weighted by molar-refractivity contribution is 6.30. The van der Waals surface area contributed by atoms with Crippen LogP contribution in [-0.2, 0) is 11.4 Å². The van der Waals surface area contributed by atoms with E-state index in [2.05, 4.69) is 10.6 Å². The molecule has 144 valence electrons. The standard InChI is InChI=1S/C21H19ClN2O4/c1-13-11-15(22)3-9-19(13)27-12-18-8-10-20(28-18)21(26)24-17-6-4-16(5-7-17)23-14(2)25/h3-11H,12H2,1-2H3,(H,23,25)(H,24,26). The number of ether oxygens (including phenoxy) is 1. The van der Waals surface area contributed by atoms with E-state index in [0.29, 0.717) is 27.9 Å². The van der Waals surface area contributed by atoms with Crippen molar-refractivity contribution in [3.05, 3.63) is 76.7 Å². The maximum atomic E-state index is 12.3. The van der Waals surface area contributed by atoms with E-state index in [9.17, 15) is 9.59 Å². The first-order valence-corrected chi connectivity index (χ1v) is 8.95. The summed E-state index contributed by atoms with van der Waals surface area (Å²) < 4.78 is 11.3. The molecule has 7 heteroatoms. The summed E-state index contributed by atoms with van der Waals surface area (Å²) in [5.74, 6) is 0.876. The lowest BCUT2D eigenvalue weighted by molar-refractivity contribution is -0.114. The number of amides is 2. The van der Waals surface area contributed by atoms with Crippen molar-refractivity contribution in [2.24, 2.45) is 0 Å². The van der Waals surface area contributed by atoms with E-state index in [4.69, 9.17) is 20.8 Å². The number of benzene rings is 2. The van der Waals surface area contributed by atoms with Gasteiger partial charge >= 0.3 is 0 Å². The monoisotopic (exact) mass is 398 g/mol. The van der Waals surface area contributed by atoms with Crippen molar-refractivity contribution in [3.8, 4) is 5.75 Å². The third-order valence-electron chi connectivity index (χ3n) is 3.86. The fraction of sp³-hybridized carbons (Fsp3) is 0.143. The highest BCUT2D eigenvalue weighted by Gasteiger charge is 2.12. The van der Waals surface area contributed by atoms with Crippen molar-refractivity contribution < 1.29 is 18.7 Å². The molecular weight excluding hydrogens is 380 g/mol. The molecule has 2 amide bonds. The van der Waals surface area contributed by atoms with E-state index < -0.39 is 0 Å². The van der Waals surface area contributed by atoms with Crippen LogP contribution < -0.4 is 15.4 Å². The van der Waals surface area contributed by atoms with Gasteiger partial charge in [-0.3, -0.25) is 9.59 Å². The fourth-order valence-electron chi connectivity index (χ4n) is 2.53. The SMILES string of the molecule is CC(=O)Nc1ccc(NC(=O)c2ccc(COc3ccc(Cl)cc3C)o2)cc1. The molecule has 28 heavy (non-hydrogen) atoms. The van der Waals surface area contributed by atoms with E-state index in [0.717, 1.165) is 5.56 Å². The molecule has 1 heterocycles. The topological polar surface area (TPSA) is 80.6 Å². The number of nitrogens with one attached hydrogen (secondary N) is 2. The number of furan rings is 1. The number of aryl methyl sites for hydroxylation is 1. The molecule has 0 unspecified atom stereocenters. The van der Waals surface area contributed by atoms with Crippen LogP contribution in [-0.4, -0.2) is 11.8 Å². The minimum Gasteiger partial charge on any atom is -0.485 e. The van der Waals surface area contributed by atoms with Gasteiger partial charge in [0.1, 0.15) is 18.1 Å². The molecular formula is C21H19ClN2O4. The zero-order chi connectivity index (χ0) is 20.1. The van der Waals surface area contributed by atoms with Gasteiger partial charge < -0.3 is 19.8 Å². The largest absolute Gasteiger partial charge is 0.485 e. The molecule has 0 spiro atoms. The zero-order valence-corrected chi connectivity index (χ0v) is 16.2. The quantitative estimate of drug-likeness (QED) is 0.610. The lowest BCUT2D eigenvalue weighted by Gasteiger charge is -2.08. The predicted molar refractivity (Wildman–Crippen MR) is 108 cm³/mol. The summed E-state index contributed by atoms with van der Waals surface area (Å²) in [7, 11) is 0. The Morgan fingerprint density at radius 3 is 2.32 bits per heavy atom. The normalized spacial score (nSPS) is 10.4. The minimum atomic E-state index is -0.374. The number of hydrogen-bond acceptors (Lipinski definition) is 4. The third kappa shape index (κ3) is 5.14. The lowest BCUT2D eigenvalue weighted by atomic mass is 10.2. The van der Waals surface area contributed by atoms with Gasteiger partial charge in [0.2, 0.25) is 5.91 Å². The van der Waals surface area contributed by atoms with Crippen LogP contribution in [0, 0.1) is 6.92 Å². The van der Waals surface area contributed by atoms with Crippen LogP contribution >= 0.6 is 11.6 Å². The first-order valence-electron chi connectivity index (χ1n) is 8.57. The smallest absolute Gasteiger partial charge is 0.291 e. The molecule has 0 bridgehead atoms. The zero-order valence-electron chi connectivity index (χ0n) is 15.4. The maximum absolute atomic E-state index is 12.3. The maximum Gasteiger partial charge on any atom is 0.291 e. The summed E-state index contributed by atoms with van der Waals surface area (Å²) in [5, 5.41) is 6.05. The van der Waals surface area contributed by atoms with Gasteiger partial charge in [0.25, 0.3) is 5.91 Å². The van der Waals surface area contributed by atoms with Crippen LogP contribution in [0.15, 0.2) is 59.0 Å². The second kappa shape index (κ2) is 8.63. The number of carbonyl (C=O) groups excluding carboxylic acids is 2. The Labute approximate surface area is 167 Å². The number of anilines is 2. The van der Waals surface area contributed by atoms with Crippen LogP contribution in [0.3, 0.4) is 0 Å². The molecule has 2 N–H and O–H groups in total. The molecule has 6 nitrogen and oxygen atoms in total.